The van der Waals surface area contributed by atoms with Crippen LogP contribution in [0.4, 0.5) is 0 Å². The summed E-state index contributed by atoms with van der Waals surface area (Å²) >= 11 is 0. The maximum atomic E-state index is 11.0. The van der Waals surface area contributed by atoms with Crippen LogP contribution in [0, 0.1) is 11.8 Å². The summed E-state index contributed by atoms with van der Waals surface area (Å²) in [6.45, 7) is 6.33. The van der Waals surface area contributed by atoms with Crippen LogP contribution >= 0.6 is 0 Å². The molecule has 0 spiro atoms. The highest BCUT2D eigenvalue weighted by Gasteiger charge is 2.36. The summed E-state index contributed by atoms with van der Waals surface area (Å²) in [6.07, 6.45) is 1.30. The lowest BCUT2D eigenvalue weighted by molar-refractivity contribution is -0.138. The van der Waals surface area contributed by atoms with Gasteiger partial charge >= 0.3 is 5.97 Å². The van der Waals surface area contributed by atoms with Crippen molar-refractivity contribution < 1.29 is 9.90 Å². The number of hydrogen-bond donors (Lipinski definition) is 1. The van der Waals surface area contributed by atoms with Gasteiger partial charge in [0.15, 0.2) is 0 Å². The fourth-order valence-corrected chi connectivity index (χ4v) is 3.37. The molecule has 0 radical (unpaired) electrons. The van der Waals surface area contributed by atoms with E-state index >= 15 is 0 Å². The summed E-state index contributed by atoms with van der Waals surface area (Å²) in [4.78, 5) is 13.4. The van der Waals surface area contributed by atoms with E-state index in [0.29, 0.717) is 24.3 Å². The molecule has 1 aromatic rings. The van der Waals surface area contributed by atoms with Gasteiger partial charge in [-0.3, -0.25) is 9.69 Å². The van der Waals surface area contributed by atoms with E-state index in [1.54, 1.807) is 0 Å². The SMILES string of the molecule is CC(C)C1C(CC(=O)O)CCN1Cc1ccccc1. The molecule has 1 fully saturated rings. The van der Waals surface area contributed by atoms with Crippen molar-refractivity contribution >= 4 is 5.97 Å². The normalized spacial score (nSPS) is 23.9. The first-order valence-electron chi connectivity index (χ1n) is 7.07. The molecule has 0 aromatic heterocycles. The lowest BCUT2D eigenvalue weighted by Crippen LogP contribution is -2.37. The highest BCUT2D eigenvalue weighted by atomic mass is 16.4. The van der Waals surface area contributed by atoms with E-state index in [4.69, 9.17) is 5.11 Å². The predicted octanol–water partition coefficient (Wildman–Crippen LogP) is 3.01. The average molecular weight is 261 g/mol. The van der Waals surface area contributed by atoms with Crippen LogP contribution in [-0.4, -0.2) is 28.6 Å². The minimum Gasteiger partial charge on any atom is -0.481 e. The summed E-state index contributed by atoms with van der Waals surface area (Å²) in [5.41, 5.74) is 1.31. The van der Waals surface area contributed by atoms with Crippen LogP contribution in [0.5, 0.6) is 0 Å². The van der Waals surface area contributed by atoms with Crippen LogP contribution in [0.3, 0.4) is 0 Å². The van der Waals surface area contributed by atoms with E-state index in [9.17, 15) is 4.79 Å². The molecular weight excluding hydrogens is 238 g/mol. The summed E-state index contributed by atoms with van der Waals surface area (Å²) in [5, 5.41) is 9.03. The third kappa shape index (κ3) is 3.57. The maximum Gasteiger partial charge on any atom is 0.303 e. The molecule has 1 saturated heterocycles. The lowest BCUT2D eigenvalue weighted by Gasteiger charge is -2.31. The Hall–Kier alpha value is -1.35. The molecule has 19 heavy (non-hydrogen) atoms. The van der Waals surface area contributed by atoms with E-state index in [2.05, 4.69) is 43.0 Å². The van der Waals surface area contributed by atoms with Crippen molar-refractivity contribution in [3.05, 3.63) is 35.9 Å². The van der Waals surface area contributed by atoms with Gasteiger partial charge in [0.05, 0.1) is 0 Å². The third-order valence-electron chi connectivity index (χ3n) is 4.04. The summed E-state index contributed by atoms with van der Waals surface area (Å²) in [5.74, 6) is 0.119. The van der Waals surface area contributed by atoms with Crippen molar-refractivity contribution in [2.24, 2.45) is 11.8 Å². The van der Waals surface area contributed by atoms with Crippen LogP contribution < -0.4 is 0 Å². The molecule has 1 heterocycles. The standard InChI is InChI=1S/C16H23NO2/c1-12(2)16-14(10-15(18)19)8-9-17(16)11-13-6-4-3-5-7-13/h3-7,12,14,16H,8-11H2,1-2H3,(H,18,19). The van der Waals surface area contributed by atoms with Crippen LogP contribution in [0.15, 0.2) is 30.3 Å². The zero-order chi connectivity index (χ0) is 13.8. The molecule has 3 heteroatoms. The molecule has 2 atom stereocenters. The van der Waals surface area contributed by atoms with Crippen molar-refractivity contribution in [3.63, 3.8) is 0 Å². The number of carboxylic acids is 1. The lowest BCUT2D eigenvalue weighted by atomic mass is 9.88. The smallest absolute Gasteiger partial charge is 0.303 e. The monoisotopic (exact) mass is 261 g/mol. The quantitative estimate of drug-likeness (QED) is 0.885. The van der Waals surface area contributed by atoms with Gasteiger partial charge in [-0.25, -0.2) is 0 Å². The molecule has 2 unspecified atom stereocenters. The molecule has 104 valence electrons. The first kappa shape index (κ1) is 14.1. The van der Waals surface area contributed by atoms with Crippen LogP contribution in [-0.2, 0) is 11.3 Å². The number of nitrogens with zero attached hydrogens (tertiary/aromatic N) is 1. The van der Waals surface area contributed by atoms with Gasteiger partial charge in [-0.2, -0.15) is 0 Å². The fourth-order valence-electron chi connectivity index (χ4n) is 3.37. The minimum absolute atomic E-state index is 0.293. The number of aliphatic carboxylic acids is 1. The van der Waals surface area contributed by atoms with Gasteiger partial charge < -0.3 is 5.11 Å². The first-order chi connectivity index (χ1) is 9.08. The molecular formula is C16H23NO2. The summed E-state index contributed by atoms with van der Waals surface area (Å²) in [7, 11) is 0. The van der Waals surface area contributed by atoms with Crippen LogP contribution in [0.25, 0.3) is 0 Å². The van der Waals surface area contributed by atoms with E-state index in [1.165, 1.54) is 5.56 Å². The van der Waals surface area contributed by atoms with Crippen molar-refractivity contribution in [1.29, 1.82) is 0 Å². The van der Waals surface area contributed by atoms with Crippen LogP contribution in [0.1, 0.15) is 32.3 Å². The Balaban J connectivity index is 2.06. The average Bonchev–Trinajstić information content (AvgIpc) is 2.72. The van der Waals surface area contributed by atoms with E-state index in [0.717, 1.165) is 19.5 Å². The zero-order valence-electron chi connectivity index (χ0n) is 11.7. The number of benzene rings is 1. The highest BCUT2D eigenvalue weighted by Crippen LogP contribution is 2.33. The second kappa shape index (κ2) is 6.20. The Kier molecular flexibility index (Phi) is 4.59. The number of rotatable bonds is 5. The van der Waals surface area contributed by atoms with Crippen LogP contribution in [0.2, 0.25) is 0 Å². The van der Waals surface area contributed by atoms with Gasteiger partial charge in [-0.15, -0.1) is 0 Å². The van der Waals surface area contributed by atoms with Gasteiger partial charge in [0.1, 0.15) is 0 Å². The first-order valence-corrected chi connectivity index (χ1v) is 7.07. The summed E-state index contributed by atoms with van der Waals surface area (Å²) in [6, 6.07) is 10.8. The molecule has 2 rings (SSSR count). The molecule has 1 aliphatic rings. The molecule has 0 saturated carbocycles. The van der Waals surface area contributed by atoms with Crippen molar-refractivity contribution in [3.8, 4) is 0 Å². The topological polar surface area (TPSA) is 40.5 Å². The molecule has 3 nitrogen and oxygen atoms in total. The third-order valence-corrected chi connectivity index (χ3v) is 4.04. The number of hydrogen-bond acceptors (Lipinski definition) is 2. The number of likely N-dealkylation sites (tertiary alicyclic amines) is 1. The minimum atomic E-state index is -0.669. The molecule has 0 aliphatic carbocycles. The van der Waals surface area contributed by atoms with Crippen molar-refractivity contribution in [2.75, 3.05) is 6.54 Å². The fraction of sp³-hybridized carbons (Fsp3) is 0.562. The van der Waals surface area contributed by atoms with E-state index in [-0.39, 0.29) is 0 Å². The van der Waals surface area contributed by atoms with Gasteiger partial charge in [0.2, 0.25) is 0 Å². The highest BCUT2D eigenvalue weighted by molar-refractivity contribution is 5.67. The Morgan fingerprint density at radius 3 is 2.63 bits per heavy atom. The molecule has 1 N–H and O–H groups in total. The van der Waals surface area contributed by atoms with Gasteiger partial charge in [0, 0.05) is 19.0 Å². The van der Waals surface area contributed by atoms with E-state index < -0.39 is 5.97 Å². The Labute approximate surface area is 115 Å². The Bertz CT molecular complexity index is 416. The largest absolute Gasteiger partial charge is 0.481 e. The number of carbonyl (C=O) groups is 1. The van der Waals surface area contributed by atoms with Crippen molar-refractivity contribution in [1.82, 2.24) is 4.90 Å². The molecule has 1 aliphatic heterocycles. The second-order valence-electron chi connectivity index (χ2n) is 5.84. The van der Waals surface area contributed by atoms with Crippen molar-refractivity contribution in [2.45, 2.75) is 39.3 Å². The van der Waals surface area contributed by atoms with Gasteiger partial charge in [0.25, 0.3) is 0 Å². The van der Waals surface area contributed by atoms with Gasteiger partial charge in [-0.05, 0) is 30.4 Å². The zero-order valence-corrected chi connectivity index (χ0v) is 11.7. The maximum absolute atomic E-state index is 11.0. The molecule has 1 aromatic carbocycles. The molecule has 0 bridgehead atoms. The Morgan fingerprint density at radius 1 is 1.37 bits per heavy atom. The predicted molar refractivity (Wildman–Crippen MR) is 75.8 cm³/mol. The van der Waals surface area contributed by atoms with E-state index in [1.807, 2.05) is 6.07 Å². The molecule has 0 amide bonds. The Morgan fingerprint density at radius 2 is 2.05 bits per heavy atom. The second-order valence-corrected chi connectivity index (χ2v) is 5.84. The number of carboxylic acid groups (broad SMARTS) is 1. The summed E-state index contributed by atoms with van der Waals surface area (Å²) < 4.78 is 0. The van der Waals surface area contributed by atoms with Gasteiger partial charge in [-0.1, -0.05) is 44.2 Å².